The molecule has 0 atom stereocenters. The van der Waals surface area contributed by atoms with E-state index in [1.165, 1.54) is 17.5 Å². The zero-order chi connectivity index (χ0) is 19.2. The van der Waals surface area contributed by atoms with Crippen LogP contribution in [0.1, 0.15) is 21.5 Å². The van der Waals surface area contributed by atoms with Gasteiger partial charge in [-0.2, -0.15) is 4.31 Å². The number of benzene rings is 2. The average Bonchev–Trinajstić information content (AvgIpc) is 2.65. The molecule has 148 valence electrons. The number of carbonyl (C=O) groups excluding carboxylic acids is 1. The summed E-state index contributed by atoms with van der Waals surface area (Å²) in [6.07, 6.45) is 0.579. The number of hydrogen-bond donors (Lipinski definition) is 1. The van der Waals surface area contributed by atoms with Gasteiger partial charge in [0.15, 0.2) is 0 Å². The summed E-state index contributed by atoms with van der Waals surface area (Å²) in [5.41, 5.74) is 7.29. The smallest absolute Gasteiger partial charge is 0.338 e. The summed E-state index contributed by atoms with van der Waals surface area (Å²) >= 11 is 0. The van der Waals surface area contributed by atoms with Gasteiger partial charge in [-0.15, -0.1) is 12.4 Å². The third-order valence-corrected chi connectivity index (χ3v) is 6.22. The normalized spacial score (nSPS) is 11.1. The molecule has 0 radical (unpaired) electrons. The van der Waals surface area contributed by atoms with Crippen molar-refractivity contribution in [1.29, 1.82) is 0 Å². The van der Waals surface area contributed by atoms with Gasteiger partial charge in [0.05, 0.1) is 17.6 Å². The summed E-state index contributed by atoms with van der Waals surface area (Å²) in [4.78, 5) is 12.0. The first kappa shape index (κ1) is 23.1. The summed E-state index contributed by atoms with van der Waals surface area (Å²) < 4.78 is 32.4. The molecule has 2 rings (SSSR count). The minimum absolute atomic E-state index is 0. The topological polar surface area (TPSA) is 89.7 Å². The quantitative estimate of drug-likeness (QED) is 0.672. The van der Waals surface area contributed by atoms with Crippen LogP contribution in [-0.4, -0.2) is 45.4 Å². The lowest BCUT2D eigenvalue weighted by Gasteiger charge is -2.23. The number of methoxy groups -OCH3 is 1. The van der Waals surface area contributed by atoms with Crippen LogP contribution in [0.2, 0.25) is 0 Å². The maximum atomic E-state index is 13.1. The van der Waals surface area contributed by atoms with Crippen LogP contribution in [0.4, 0.5) is 0 Å². The number of halogens is 1. The minimum atomic E-state index is -3.78. The van der Waals surface area contributed by atoms with Crippen molar-refractivity contribution in [2.75, 3.05) is 26.7 Å². The number of nitrogens with two attached hydrogens (primary N) is 1. The Labute approximate surface area is 166 Å². The van der Waals surface area contributed by atoms with Gasteiger partial charge >= 0.3 is 5.97 Å². The molecule has 0 amide bonds. The fourth-order valence-electron chi connectivity index (χ4n) is 2.76. The van der Waals surface area contributed by atoms with Gasteiger partial charge in [-0.05, 0) is 36.6 Å². The second-order valence-corrected chi connectivity index (χ2v) is 7.76. The van der Waals surface area contributed by atoms with Crippen LogP contribution < -0.4 is 5.73 Å². The molecule has 6 nitrogen and oxygen atoms in total. The number of hydrogen-bond acceptors (Lipinski definition) is 5. The molecule has 0 aliphatic heterocycles. The van der Waals surface area contributed by atoms with Crippen LogP contribution in [0.3, 0.4) is 0 Å². The van der Waals surface area contributed by atoms with Gasteiger partial charge in [0.25, 0.3) is 0 Å². The fourth-order valence-corrected chi connectivity index (χ4v) is 4.46. The highest BCUT2D eigenvalue weighted by atomic mass is 35.5. The molecule has 0 saturated carbocycles. The molecule has 0 saturated heterocycles. The SMILES string of the molecule is COC(=O)c1cccc(S(=O)(=O)N(CCN)CCc2ccccc2)c1C.Cl. The van der Waals surface area contributed by atoms with E-state index in [-0.39, 0.29) is 36.0 Å². The molecule has 8 heteroatoms. The Kier molecular flexibility index (Phi) is 8.92. The third kappa shape index (κ3) is 5.52. The van der Waals surface area contributed by atoms with E-state index < -0.39 is 16.0 Å². The van der Waals surface area contributed by atoms with E-state index in [1.54, 1.807) is 19.1 Å². The van der Waals surface area contributed by atoms with Gasteiger partial charge in [-0.25, -0.2) is 13.2 Å². The Bertz CT molecular complexity index is 857. The number of carbonyl (C=O) groups is 1. The second kappa shape index (κ2) is 10.4. The first-order valence-corrected chi connectivity index (χ1v) is 9.78. The third-order valence-electron chi connectivity index (χ3n) is 4.18. The molecule has 2 aromatic carbocycles. The number of rotatable bonds is 8. The standard InChI is InChI=1S/C19H24N2O4S.ClH/c1-15-17(19(22)25-2)9-6-10-18(15)26(23,24)21(14-12-20)13-11-16-7-4-3-5-8-16;/h3-10H,11-14,20H2,1-2H3;1H. The van der Waals surface area contributed by atoms with Crippen molar-refractivity contribution in [3.05, 3.63) is 65.2 Å². The van der Waals surface area contributed by atoms with Crippen molar-refractivity contribution >= 4 is 28.4 Å². The van der Waals surface area contributed by atoms with E-state index in [1.807, 2.05) is 30.3 Å². The lowest BCUT2D eigenvalue weighted by molar-refractivity contribution is 0.0599. The van der Waals surface area contributed by atoms with Crippen LogP contribution >= 0.6 is 12.4 Å². The largest absolute Gasteiger partial charge is 0.465 e. The van der Waals surface area contributed by atoms with Crippen LogP contribution in [0.15, 0.2) is 53.4 Å². The van der Waals surface area contributed by atoms with E-state index in [0.29, 0.717) is 18.5 Å². The maximum Gasteiger partial charge on any atom is 0.338 e. The van der Waals surface area contributed by atoms with Crippen LogP contribution in [0.5, 0.6) is 0 Å². The van der Waals surface area contributed by atoms with Gasteiger partial charge in [0.1, 0.15) is 0 Å². The summed E-state index contributed by atoms with van der Waals surface area (Å²) in [6.45, 7) is 2.34. The van der Waals surface area contributed by atoms with E-state index in [0.717, 1.165) is 5.56 Å². The zero-order valence-corrected chi connectivity index (χ0v) is 17.1. The highest BCUT2D eigenvalue weighted by Crippen LogP contribution is 2.23. The average molecular weight is 413 g/mol. The number of esters is 1. The van der Waals surface area contributed by atoms with Crippen molar-refractivity contribution in [3.8, 4) is 0 Å². The molecule has 0 aliphatic carbocycles. The molecule has 0 aliphatic rings. The van der Waals surface area contributed by atoms with Crippen molar-refractivity contribution < 1.29 is 17.9 Å². The van der Waals surface area contributed by atoms with Crippen LogP contribution in [-0.2, 0) is 21.2 Å². The highest BCUT2D eigenvalue weighted by Gasteiger charge is 2.27. The molecule has 0 fully saturated rings. The van der Waals surface area contributed by atoms with Crippen molar-refractivity contribution in [2.45, 2.75) is 18.2 Å². The van der Waals surface area contributed by atoms with Gasteiger partial charge in [0.2, 0.25) is 10.0 Å². The summed E-state index contributed by atoms with van der Waals surface area (Å²) in [5, 5.41) is 0. The molecule has 0 bridgehead atoms. The molecule has 0 spiro atoms. The Morgan fingerprint density at radius 3 is 2.33 bits per heavy atom. The Morgan fingerprint density at radius 2 is 1.74 bits per heavy atom. The van der Waals surface area contributed by atoms with Gasteiger partial charge in [-0.1, -0.05) is 36.4 Å². The predicted octanol–water partition coefficient (Wildman–Crippen LogP) is 2.40. The molecule has 2 aromatic rings. The fraction of sp³-hybridized carbons (Fsp3) is 0.316. The van der Waals surface area contributed by atoms with Gasteiger partial charge < -0.3 is 10.5 Å². The van der Waals surface area contributed by atoms with Gasteiger partial charge in [-0.3, -0.25) is 0 Å². The lowest BCUT2D eigenvalue weighted by atomic mass is 10.1. The minimum Gasteiger partial charge on any atom is -0.465 e. The van der Waals surface area contributed by atoms with E-state index in [2.05, 4.69) is 0 Å². The first-order valence-electron chi connectivity index (χ1n) is 8.34. The monoisotopic (exact) mass is 412 g/mol. The van der Waals surface area contributed by atoms with E-state index in [9.17, 15) is 13.2 Å². The number of nitrogens with zero attached hydrogens (tertiary/aromatic N) is 1. The van der Waals surface area contributed by atoms with Crippen molar-refractivity contribution in [1.82, 2.24) is 4.31 Å². The molecular formula is C19H25ClN2O4S. The Morgan fingerprint density at radius 1 is 1.07 bits per heavy atom. The Hall–Kier alpha value is -1.93. The second-order valence-electron chi connectivity index (χ2n) is 5.85. The molecule has 0 aromatic heterocycles. The predicted molar refractivity (Wildman–Crippen MR) is 108 cm³/mol. The lowest BCUT2D eigenvalue weighted by Crippen LogP contribution is -2.37. The first-order chi connectivity index (χ1) is 12.4. The molecular weight excluding hydrogens is 388 g/mol. The van der Waals surface area contributed by atoms with Gasteiger partial charge in [0, 0.05) is 19.6 Å². The summed E-state index contributed by atoms with van der Waals surface area (Å²) in [6, 6.07) is 14.3. The molecule has 27 heavy (non-hydrogen) atoms. The van der Waals surface area contributed by atoms with Crippen molar-refractivity contribution in [3.63, 3.8) is 0 Å². The van der Waals surface area contributed by atoms with E-state index in [4.69, 9.17) is 10.5 Å². The zero-order valence-electron chi connectivity index (χ0n) is 15.4. The molecule has 0 unspecified atom stereocenters. The molecule has 0 heterocycles. The maximum absolute atomic E-state index is 13.1. The number of ether oxygens (including phenoxy) is 1. The highest BCUT2D eigenvalue weighted by molar-refractivity contribution is 7.89. The summed E-state index contributed by atoms with van der Waals surface area (Å²) in [5.74, 6) is -0.561. The number of sulfonamides is 1. The summed E-state index contributed by atoms with van der Waals surface area (Å²) in [7, 11) is -2.52. The van der Waals surface area contributed by atoms with E-state index >= 15 is 0 Å². The van der Waals surface area contributed by atoms with Crippen LogP contribution in [0.25, 0.3) is 0 Å². The Balaban J connectivity index is 0.00000364. The van der Waals surface area contributed by atoms with Crippen LogP contribution in [0, 0.1) is 6.92 Å². The van der Waals surface area contributed by atoms with Crippen molar-refractivity contribution in [2.24, 2.45) is 5.73 Å². The molecule has 2 N–H and O–H groups in total.